The van der Waals surface area contributed by atoms with Gasteiger partial charge in [0.2, 0.25) is 5.91 Å². The molecule has 2 aliphatic rings. The van der Waals surface area contributed by atoms with Crippen molar-refractivity contribution in [1.82, 2.24) is 10.2 Å². The van der Waals surface area contributed by atoms with Crippen LogP contribution in [0, 0.1) is 0 Å². The fraction of sp³-hybridized carbons (Fsp3) is 0.440. The van der Waals surface area contributed by atoms with Gasteiger partial charge in [0, 0.05) is 43.9 Å². The maximum absolute atomic E-state index is 13.4. The summed E-state index contributed by atoms with van der Waals surface area (Å²) in [6.45, 7) is 0.367. The van der Waals surface area contributed by atoms with Gasteiger partial charge < -0.3 is 19.9 Å². The Balaban J connectivity index is 1.62. The van der Waals surface area contributed by atoms with Crippen molar-refractivity contribution in [2.24, 2.45) is 0 Å². The quantitative estimate of drug-likeness (QED) is 0.711. The molecule has 2 heterocycles. The van der Waals surface area contributed by atoms with Crippen molar-refractivity contribution in [2.75, 3.05) is 25.6 Å². The molecule has 1 N–H and O–H groups in total. The molecule has 2 aromatic rings. The number of hydrogen-bond donors (Lipinski definition) is 1. The van der Waals surface area contributed by atoms with E-state index in [-0.39, 0.29) is 18.5 Å². The lowest BCUT2D eigenvalue weighted by Gasteiger charge is -2.42. The van der Waals surface area contributed by atoms with Crippen LogP contribution in [-0.4, -0.2) is 49.6 Å². The Morgan fingerprint density at radius 3 is 2.59 bits per heavy atom. The molecule has 182 valence electrons. The number of aryl methyl sites for hydroxylation is 1. The average Bonchev–Trinajstić information content (AvgIpc) is 2.84. The van der Waals surface area contributed by atoms with E-state index in [4.69, 9.17) is 4.74 Å². The summed E-state index contributed by atoms with van der Waals surface area (Å²) in [6.07, 6.45) is -2.79. The van der Waals surface area contributed by atoms with E-state index in [1.54, 1.807) is 49.4 Å². The highest BCUT2D eigenvalue weighted by Gasteiger charge is 2.47. The van der Waals surface area contributed by atoms with Crippen LogP contribution in [0.4, 0.5) is 18.9 Å². The van der Waals surface area contributed by atoms with Crippen molar-refractivity contribution in [1.29, 1.82) is 0 Å². The number of alkyl halides is 3. The molecule has 0 radical (unpaired) electrons. The second-order valence-electron chi connectivity index (χ2n) is 8.73. The number of methoxy groups -OCH3 is 1. The number of piperidine rings is 1. The number of benzene rings is 2. The maximum Gasteiger partial charge on any atom is 0.471 e. The zero-order valence-electron chi connectivity index (χ0n) is 19.2. The molecule has 0 aliphatic carbocycles. The van der Waals surface area contributed by atoms with Crippen LogP contribution >= 0.6 is 0 Å². The number of anilines is 1. The fourth-order valence-corrected chi connectivity index (χ4v) is 4.94. The molecular formula is C25H28F3N3O3. The van der Waals surface area contributed by atoms with E-state index in [0.29, 0.717) is 43.5 Å². The van der Waals surface area contributed by atoms with Gasteiger partial charge in [-0.05, 0) is 42.5 Å². The highest BCUT2D eigenvalue weighted by molar-refractivity contribution is 5.96. The zero-order valence-corrected chi connectivity index (χ0v) is 19.2. The van der Waals surface area contributed by atoms with Crippen LogP contribution < -0.4 is 15.0 Å². The van der Waals surface area contributed by atoms with Crippen LogP contribution in [0.1, 0.15) is 42.0 Å². The average molecular weight is 476 g/mol. The summed E-state index contributed by atoms with van der Waals surface area (Å²) in [5, 5.41) is 3.39. The zero-order chi connectivity index (χ0) is 24.5. The lowest BCUT2D eigenvalue weighted by atomic mass is 9.89. The maximum atomic E-state index is 13.4. The molecule has 6 nitrogen and oxygen atoms in total. The lowest BCUT2D eigenvalue weighted by Crippen LogP contribution is -2.53. The van der Waals surface area contributed by atoms with Gasteiger partial charge in [0.1, 0.15) is 5.75 Å². The molecule has 2 atom stereocenters. The van der Waals surface area contributed by atoms with Gasteiger partial charge in [-0.3, -0.25) is 9.59 Å². The Kier molecular flexibility index (Phi) is 6.84. The molecule has 2 unspecified atom stereocenters. The van der Waals surface area contributed by atoms with Crippen molar-refractivity contribution >= 4 is 17.5 Å². The van der Waals surface area contributed by atoms with Crippen molar-refractivity contribution in [3.63, 3.8) is 0 Å². The van der Waals surface area contributed by atoms with Gasteiger partial charge in [0.25, 0.3) is 0 Å². The predicted molar refractivity (Wildman–Crippen MR) is 122 cm³/mol. The summed E-state index contributed by atoms with van der Waals surface area (Å²) in [5.74, 6) is -1.13. The number of carbonyl (C=O) groups excluding carboxylic acids is 2. The summed E-state index contributed by atoms with van der Waals surface area (Å²) in [4.78, 5) is 27.0. The van der Waals surface area contributed by atoms with E-state index < -0.39 is 18.1 Å². The van der Waals surface area contributed by atoms with Crippen LogP contribution in [-0.2, 0) is 22.6 Å². The predicted octanol–water partition coefficient (Wildman–Crippen LogP) is 3.99. The third kappa shape index (κ3) is 4.75. The van der Waals surface area contributed by atoms with E-state index in [2.05, 4.69) is 5.32 Å². The lowest BCUT2D eigenvalue weighted by molar-refractivity contribution is -0.190. The SMILES string of the molecule is COc1cc2c(cc1CNC1CCCN(C(=O)C(F)(F)F)C1c1ccccc1)N(C)C(=O)CC2. The molecule has 2 amide bonds. The van der Waals surface area contributed by atoms with Crippen molar-refractivity contribution < 1.29 is 27.5 Å². The number of halogens is 3. The normalized spacial score (nSPS) is 20.8. The minimum Gasteiger partial charge on any atom is -0.496 e. The Hall–Kier alpha value is -3.07. The number of nitrogens with one attached hydrogen (secondary N) is 1. The van der Waals surface area contributed by atoms with Gasteiger partial charge in [-0.1, -0.05) is 30.3 Å². The van der Waals surface area contributed by atoms with Crippen LogP contribution in [0.5, 0.6) is 5.75 Å². The molecule has 4 rings (SSSR count). The summed E-state index contributed by atoms with van der Waals surface area (Å²) in [5.41, 5.74) is 3.28. The number of ether oxygens (including phenoxy) is 1. The third-order valence-electron chi connectivity index (χ3n) is 6.66. The van der Waals surface area contributed by atoms with Gasteiger partial charge in [0.15, 0.2) is 0 Å². The van der Waals surface area contributed by atoms with Crippen molar-refractivity contribution in [3.05, 3.63) is 59.2 Å². The number of fused-ring (bicyclic) bond motifs is 1. The summed E-state index contributed by atoms with van der Waals surface area (Å²) < 4.78 is 45.7. The highest BCUT2D eigenvalue weighted by Crippen LogP contribution is 2.36. The molecule has 0 saturated carbocycles. The van der Waals surface area contributed by atoms with Gasteiger partial charge in [-0.2, -0.15) is 13.2 Å². The smallest absolute Gasteiger partial charge is 0.471 e. The summed E-state index contributed by atoms with van der Waals surface area (Å²) in [6, 6.07) is 11.5. The number of likely N-dealkylation sites (tertiary alicyclic amines) is 1. The Labute approximate surface area is 196 Å². The van der Waals surface area contributed by atoms with E-state index in [1.807, 2.05) is 12.1 Å². The largest absolute Gasteiger partial charge is 0.496 e. The number of amides is 2. The minimum atomic E-state index is -4.94. The second kappa shape index (κ2) is 9.66. The standard InChI is InChI=1S/C25H28F3N3O3/c1-30-20-13-18(21(34-2)14-17(20)10-11-22(30)32)15-29-19-9-6-12-31(24(33)25(26,27)28)23(19)16-7-4-3-5-8-16/h3-5,7-8,13-14,19,23,29H,6,9-12,15H2,1-2H3. The van der Waals surface area contributed by atoms with E-state index in [0.717, 1.165) is 21.7 Å². The van der Waals surface area contributed by atoms with Gasteiger partial charge >= 0.3 is 12.1 Å². The van der Waals surface area contributed by atoms with Gasteiger partial charge in [0.05, 0.1) is 13.2 Å². The Morgan fingerprint density at radius 1 is 1.18 bits per heavy atom. The highest BCUT2D eigenvalue weighted by atomic mass is 19.4. The van der Waals surface area contributed by atoms with Crippen LogP contribution in [0.25, 0.3) is 0 Å². The molecule has 1 fully saturated rings. The molecule has 0 bridgehead atoms. The van der Waals surface area contributed by atoms with Crippen LogP contribution in [0.3, 0.4) is 0 Å². The van der Waals surface area contributed by atoms with E-state index in [1.165, 1.54) is 0 Å². The topological polar surface area (TPSA) is 61.9 Å². The molecular weight excluding hydrogens is 447 g/mol. The number of carbonyl (C=O) groups is 2. The van der Waals surface area contributed by atoms with Crippen molar-refractivity contribution in [2.45, 2.75) is 50.5 Å². The second-order valence-corrected chi connectivity index (χ2v) is 8.73. The fourth-order valence-electron chi connectivity index (χ4n) is 4.94. The van der Waals surface area contributed by atoms with Gasteiger partial charge in [-0.25, -0.2) is 0 Å². The summed E-state index contributed by atoms with van der Waals surface area (Å²) >= 11 is 0. The molecule has 0 aromatic heterocycles. The molecule has 2 aliphatic heterocycles. The monoisotopic (exact) mass is 475 g/mol. The Morgan fingerprint density at radius 2 is 1.91 bits per heavy atom. The molecule has 1 saturated heterocycles. The molecule has 0 spiro atoms. The van der Waals surface area contributed by atoms with Crippen LogP contribution in [0.15, 0.2) is 42.5 Å². The summed E-state index contributed by atoms with van der Waals surface area (Å²) in [7, 11) is 3.30. The van der Waals surface area contributed by atoms with Crippen molar-refractivity contribution in [3.8, 4) is 5.75 Å². The molecule has 34 heavy (non-hydrogen) atoms. The Bertz CT molecular complexity index is 1060. The van der Waals surface area contributed by atoms with Crippen LogP contribution in [0.2, 0.25) is 0 Å². The minimum absolute atomic E-state index is 0.0364. The number of nitrogens with zero attached hydrogens (tertiary/aromatic N) is 2. The first-order chi connectivity index (χ1) is 16.2. The number of hydrogen-bond acceptors (Lipinski definition) is 4. The first kappa shape index (κ1) is 24.1. The molecule has 9 heteroatoms. The first-order valence-electron chi connectivity index (χ1n) is 11.3. The first-order valence-corrected chi connectivity index (χ1v) is 11.3. The third-order valence-corrected chi connectivity index (χ3v) is 6.66. The molecule has 2 aromatic carbocycles. The van der Waals surface area contributed by atoms with E-state index in [9.17, 15) is 22.8 Å². The van der Waals surface area contributed by atoms with Gasteiger partial charge in [-0.15, -0.1) is 0 Å². The number of rotatable bonds is 5. The van der Waals surface area contributed by atoms with E-state index >= 15 is 0 Å².